The Hall–Kier alpha value is -1.32. The Labute approximate surface area is 204 Å². The van der Waals surface area contributed by atoms with Gasteiger partial charge in [-0.2, -0.15) is 0 Å². The third-order valence-electron chi connectivity index (χ3n) is 6.78. The van der Waals surface area contributed by atoms with Crippen LogP contribution in [0.4, 0.5) is 0 Å². The maximum absolute atomic E-state index is 13.2. The van der Waals surface area contributed by atoms with Crippen LogP contribution in [0.3, 0.4) is 0 Å². The van der Waals surface area contributed by atoms with Crippen LogP contribution < -0.4 is 0 Å². The van der Waals surface area contributed by atoms with Crippen molar-refractivity contribution in [3.05, 3.63) is 11.1 Å². The number of rotatable bonds is 18. The van der Waals surface area contributed by atoms with Crippen molar-refractivity contribution in [1.82, 2.24) is 0 Å². The van der Waals surface area contributed by atoms with Gasteiger partial charge in [-0.05, 0) is 37.5 Å². The van der Waals surface area contributed by atoms with Crippen molar-refractivity contribution in [2.75, 3.05) is 13.2 Å². The molecule has 0 spiro atoms. The summed E-state index contributed by atoms with van der Waals surface area (Å²) in [5.41, 5.74) is 1.17. The van der Waals surface area contributed by atoms with Crippen LogP contribution in [-0.2, 0) is 19.1 Å². The second-order valence-corrected chi connectivity index (χ2v) is 10.1. The zero-order valence-electron chi connectivity index (χ0n) is 22.2. The van der Waals surface area contributed by atoms with E-state index in [2.05, 4.69) is 13.8 Å². The summed E-state index contributed by atoms with van der Waals surface area (Å²) >= 11 is 0. The molecule has 33 heavy (non-hydrogen) atoms. The fourth-order valence-electron chi connectivity index (χ4n) is 4.79. The van der Waals surface area contributed by atoms with E-state index in [9.17, 15) is 9.59 Å². The molecule has 0 unspecified atom stereocenters. The highest BCUT2D eigenvalue weighted by Gasteiger charge is 2.32. The lowest BCUT2D eigenvalue weighted by atomic mass is 9.79. The van der Waals surface area contributed by atoms with E-state index in [1.54, 1.807) is 0 Å². The standard InChI is InChI=1S/C29H52O4/c1-5-7-9-11-13-18-22-32-28(30)26(24(3)4)27(25-20-16-15-17-21-25)29(31)33-23-19-14-12-10-8-6-2/h24-25H,5-23H2,1-4H3/b27-26-. The van der Waals surface area contributed by atoms with Gasteiger partial charge in [0.05, 0.1) is 24.4 Å². The van der Waals surface area contributed by atoms with E-state index in [-0.39, 0.29) is 23.8 Å². The van der Waals surface area contributed by atoms with Gasteiger partial charge in [-0.3, -0.25) is 0 Å². The largest absolute Gasteiger partial charge is 0.462 e. The summed E-state index contributed by atoms with van der Waals surface area (Å²) in [5, 5.41) is 0. The number of hydrogen-bond donors (Lipinski definition) is 0. The fraction of sp³-hybridized carbons (Fsp3) is 0.862. The fourth-order valence-corrected chi connectivity index (χ4v) is 4.79. The molecule has 1 saturated carbocycles. The molecular formula is C29H52O4. The number of esters is 2. The third-order valence-corrected chi connectivity index (χ3v) is 6.78. The van der Waals surface area contributed by atoms with Gasteiger partial charge >= 0.3 is 11.9 Å². The number of unbranched alkanes of at least 4 members (excludes halogenated alkanes) is 10. The Morgan fingerprint density at radius 2 is 1.12 bits per heavy atom. The highest BCUT2D eigenvalue weighted by atomic mass is 16.5. The minimum atomic E-state index is -0.310. The summed E-state index contributed by atoms with van der Waals surface area (Å²) in [6.07, 6.45) is 19.2. The van der Waals surface area contributed by atoms with Crippen molar-refractivity contribution >= 4 is 11.9 Å². The molecule has 4 nitrogen and oxygen atoms in total. The number of carbonyl (C=O) groups is 2. The van der Waals surface area contributed by atoms with Crippen LogP contribution >= 0.6 is 0 Å². The van der Waals surface area contributed by atoms with Crippen LogP contribution in [0.1, 0.15) is 137 Å². The van der Waals surface area contributed by atoms with Crippen molar-refractivity contribution < 1.29 is 19.1 Å². The molecule has 0 aliphatic heterocycles. The van der Waals surface area contributed by atoms with E-state index in [4.69, 9.17) is 9.47 Å². The van der Waals surface area contributed by atoms with Gasteiger partial charge < -0.3 is 9.47 Å². The molecule has 0 bridgehead atoms. The maximum atomic E-state index is 13.2. The number of hydrogen-bond acceptors (Lipinski definition) is 4. The quantitative estimate of drug-likeness (QED) is 0.116. The first-order valence-corrected chi connectivity index (χ1v) is 14.1. The molecular weight excluding hydrogens is 412 g/mol. The molecule has 0 aromatic carbocycles. The molecule has 192 valence electrons. The van der Waals surface area contributed by atoms with Crippen molar-refractivity contribution in [3.8, 4) is 0 Å². The summed E-state index contributed by atoms with van der Waals surface area (Å²) in [4.78, 5) is 26.3. The van der Waals surface area contributed by atoms with Crippen LogP contribution in [0.25, 0.3) is 0 Å². The number of carbonyl (C=O) groups excluding carboxylic acids is 2. The normalized spacial score (nSPS) is 15.4. The average Bonchev–Trinajstić information content (AvgIpc) is 2.81. The highest BCUT2D eigenvalue weighted by Crippen LogP contribution is 2.34. The van der Waals surface area contributed by atoms with Crippen molar-refractivity contribution in [1.29, 1.82) is 0 Å². The van der Waals surface area contributed by atoms with E-state index >= 15 is 0 Å². The first-order valence-electron chi connectivity index (χ1n) is 14.1. The second-order valence-electron chi connectivity index (χ2n) is 10.1. The Bertz CT molecular complexity index is 558. The van der Waals surface area contributed by atoms with Crippen molar-refractivity contribution in [2.24, 2.45) is 11.8 Å². The molecule has 0 radical (unpaired) electrons. The van der Waals surface area contributed by atoms with Gasteiger partial charge in [-0.15, -0.1) is 0 Å². The van der Waals surface area contributed by atoms with Gasteiger partial charge in [0.25, 0.3) is 0 Å². The first kappa shape index (κ1) is 29.7. The zero-order chi connectivity index (χ0) is 24.3. The van der Waals surface area contributed by atoms with Crippen LogP contribution in [0, 0.1) is 11.8 Å². The minimum absolute atomic E-state index is 0.0550. The SMILES string of the molecule is CCCCCCCCOC(=O)/C(=C(\C(=O)OCCCCCCCC)C1CCCCC1)C(C)C. The molecule has 1 rings (SSSR count). The van der Waals surface area contributed by atoms with Crippen LogP contribution in [0.15, 0.2) is 11.1 Å². The molecule has 4 heteroatoms. The van der Waals surface area contributed by atoms with Gasteiger partial charge in [-0.25, -0.2) is 9.59 Å². The highest BCUT2D eigenvalue weighted by molar-refractivity contribution is 6.01. The van der Waals surface area contributed by atoms with Gasteiger partial charge in [0, 0.05) is 0 Å². The van der Waals surface area contributed by atoms with Gasteiger partial charge in [0.2, 0.25) is 0 Å². The maximum Gasteiger partial charge on any atom is 0.334 e. The molecule has 0 aromatic rings. The van der Waals surface area contributed by atoms with E-state index < -0.39 is 0 Å². The van der Waals surface area contributed by atoms with Gasteiger partial charge in [-0.1, -0.05) is 111 Å². The lowest BCUT2D eigenvalue weighted by Crippen LogP contribution is -2.26. The molecule has 1 aliphatic carbocycles. The average molecular weight is 465 g/mol. The smallest absolute Gasteiger partial charge is 0.334 e. The molecule has 0 heterocycles. The van der Waals surface area contributed by atoms with Crippen LogP contribution in [0.5, 0.6) is 0 Å². The Kier molecular flexibility index (Phi) is 17.1. The lowest BCUT2D eigenvalue weighted by molar-refractivity contribution is -0.143. The summed E-state index contributed by atoms with van der Waals surface area (Å²) in [6, 6.07) is 0. The molecule has 0 N–H and O–H groups in total. The molecule has 1 aliphatic rings. The Balaban J connectivity index is 2.75. The van der Waals surface area contributed by atoms with E-state index in [0.29, 0.717) is 24.4 Å². The molecule has 0 amide bonds. The van der Waals surface area contributed by atoms with Gasteiger partial charge in [0.1, 0.15) is 0 Å². The van der Waals surface area contributed by atoms with Crippen molar-refractivity contribution in [2.45, 2.75) is 137 Å². The van der Waals surface area contributed by atoms with Gasteiger partial charge in [0.15, 0.2) is 0 Å². The molecule has 1 fully saturated rings. The minimum Gasteiger partial charge on any atom is -0.462 e. The molecule has 0 atom stereocenters. The second kappa shape index (κ2) is 19.0. The Morgan fingerprint density at radius 3 is 1.61 bits per heavy atom. The summed E-state index contributed by atoms with van der Waals surface area (Å²) in [7, 11) is 0. The first-order chi connectivity index (χ1) is 16.0. The van der Waals surface area contributed by atoms with Crippen molar-refractivity contribution in [3.63, 3.8) is 0 Å². The van der Waals surface area contributed by atoms with E-state index in [0.717, 1.165) is 51.4 Å². The predicted octanol–water partition coefficient (Wildman–Crippen LogP) is 8.33. The zero-order valence-corrected chi connectivity index (χ0v) is 22.2. The summed E-state index contributed by atoms with van der Waals surface area (Å²) < 4.78 is 11.4. The summed E-state index contributed by atoms with van der Waals surface area (Å²) in [6.45, 7) is 9.29. The molecule has 0 saturated heterocycles. The van der Waals surface area contributed by atoms with E-state index in [1.807, 2.05) is 13.8 Å². The lowest BCUT2D eigenvalue weighted by Gasteiger charge is -2.27. The topological polar surface area (TPSA) is 52.6 Å². The molecule has 0 aromatic heterocycles. The predicted molar refractivity (Wildman–Crippen MR) is 137 cm³/mol. The van der Waals surface area contributed by atoms with Crippen LogP contribution in [0.2, 0.25) is 0 Å². The number of ether oxygens (including phenoxy) is 2. The van der Waals surface area contributed by atoms with Crippen LogP contribution in [-0.4, -0.2) is 25.2 Å². The summed E-state index contributed by atoms with van der Waals surface area (Å²) in [5.74, 6) is -0.526. The Morgan fingerprint density at radius 1 is 0.667 bits per heavy atom. The van der Waals surface area contributed by atoms with E-state index in [1.165, 1.54) is 57.8 Å². The monoisotopic (exact) mass is 464 g/mol. The third kappa shape index (κ3) is 12.6.